The normalized spacial score (nSPS) is 11.5. The summed E-state index contributed by atoms with van der Waals surface area (Å²) in [6, 6.07) is 5.72. The second kappa shape index (κ2) is 8.98. The molecular weight excluding hydrogens is 294 g/mol. The second-order valence-electron chi connectivity index (χ2n) is 5.50. The van der Waals surface area contributed by atoms with Gasteiger partial charge in [0.15, 0.2) is 6.61 Å². The highest BCUT2D eigenvalue weighted by Gasteiger charge is 2.21. The molecule has 1 amide bonds. The number of carbonyl (C=O) groups is 2. The van der Waals surface area contributed by atoms with Crippen molar-refractivity contribution in [1.82, 2.24) is 4.90 Å². The third-order valence-corrected chi connectivity index (χ3v) is 3.71. The fourth-order valence-corrected chi connectivity index (χ4v) is 2.15. The van der Waals surface area contributed by atoms with Crippen LogP contribution in [0.2, 0.25) is 0 Å². The molecule has 5 nitrogen and oxygen atoms in total. The van der Waals surface area contributed by atoms with Crippen LogP contribution >= 0.6 is 0 Å². The van der Waals surface area contributed by atoms with Gasteiger partial charge in [0, 0.05) is 13.1 Å². The van der Waals surface area contributed by atoms with E-state index in [0.717, 1.165) is 11.1 Å². The number of hydrogen-bond acceptors (Lipinski definition) is 4. The van der Waals surface area contributed by atoms with Crippen LogP contribution in [0, 0.1) is 19.8 Å². The third-order valence-electron chi connectivity index (χ3n) is 3.71. The summed E-state index contributed by atoms with van der Waals surface area (Å²) in [6.45, 7) is 9.87. The molecule has 1 unspecified atom stereocenters. The minimum atomic E-state index is -0.399. The van der Waals surface area contributed by atoms with Crippen molar-refractivity contribution in [2.75, 3.05) is 26.8 Å². The second-order valence-corrected chi connectivity index (χ2v) is 5.50. The van der Waals surface area contributed by atoms with Crippen LogP contribution in [0.1, 0.15) is 18.1 Å². The Labute approximate surface area is 137 Å². The number of esters is 1. The van der Waals surface area contributed by atoms with Gasteiger partial charge in [-0.1, -0.05) is 25.1 Å². The molecule has 5 heteroatoms. The lowest BCUT2D eigenvalue weighted by Crippen LogP contribution is -2.40. The molecule has 126 valence electrons. The maximum absolute atomic E-state index is 12.4. The molecule has 1 aromatic carbocycles. The van der Waals surface area contributed by atoms with Gasteiger partial charge in [0.1, 0.15) is 5.75 Å². The van der Waals surface area contributed by atoms with Crippen LogP contribution in [0.15, 0.2) is 30.9 Å². The van der Waals surface area contributed by atoms with Gasteiger partial charge in [0.05, 0.1) is 13.0 Å². The number of carbonyl (C=O) groups excluding carboxylic acids is 2. The minimum absolute atomic E-state index is 0.0774. The monoisotopic (exact) mass is 319 g/mol. The van der Waals surface area contributed by atoms with Gasteiger partial charge in [-0.3, -0.25) is 9.59 Å². The van der Waals surface area contributed by atoms with E-state index in [0.29, 0.717) is 12.3 Å². The van der Waals surface area contributed by atoms with Crippen LogP contribution < -0.4 is 4.74 Å². The van der Waals surface area contributed by atoms with E-state index in [9.17, 15) is 9.59 Å². The molecule has 0 fully saturated rings. The van der Waals surface area contributed by atoms with Gasteiger partial charge in [-0.15, -0.1) is 6.58 Å². The first-order chi connectivity index (χ1) is 10.9. The molecule has 0 aliphatic carbocycles. The van der Waals surface area contributed by atoms with Crippen molar-refractivity contribution in [3.63, 3.8) is 0 Å². The zero-order chi connectivity index (χ0) is 17.4. The van der Waals surface area contributed by atoms with Crippen molar-refractivity contribution >= 4 is 11.9 Å². The highest BCUT2D eigenvalue weighted by Crippen LogP contribution is 2.20. The van der Waals surface area contributed by atoms with Gasteiger partial charge in [-0.2, -0.15) is 0 Å². The van der Waals surface area contributed by atoms with E-state index in [-0.39, 0.29) is 25.0 Å². The first-order valence-corrected chi connectivity index (χ1v) is 7.56. The quantitative estimate of drug-likeness (QED) is 0.546. The Morgan fingerprint density at radius 1 is 1.35 bits per heavy atom. The Morgan fingerprint density at radius 3 is 2.65 bits per heavy atom. The van der Waals surface area contributed by atoms with Gasteiger partial charge in [-0.05, 0) is 31.0 Å². The highest BCUT2D eigenvalue weighted by molar-refractivity contribution is 5.79. The lowest BCUT2D eigenvalue weighted by atomic mass is 10.1. The molecule has 23 heavy (non-hydrogen) atoms. The highest BCUT2D eigenvalue weighted by atomic mass is 16.5. The van der Waals surface area contributed by atoms with E-state index in [1.54, 1.807) is 17.9 Å². The summed E-state index contributed by atoms with van der Waals surface area (Å²) < 4.78 is 10.3. The smallest absolute Gasteiger partial charge is 0.310 e. The molecular formula is C18H25NO4. The van der Waals surface area contributed by atoms with Crippen molar-refractivity contribution in [2.24, 2.45) is 5.92 Å². The Hall–Kier alpha value is -2.30. The molecule has 0 aliphatic rings. The zero-order valence-corrected chi connectivity index (χ0v) is 14.3. The summed E-state index contributed by atoms with van der Waals surface area (Å²) in [6.07, 6.45) is 1.62. The summed E-state index contributed by atoms with van der Waals surface area (Å²) >= 11 is 0. The molecule has 0 saturated carbocycles. The Kier molecular flexibility index (Phi) is 7.32. The lowest BCUT2D eigenvalue weighted by molar-refractivity contribution is -0.146. The fraction of sp³-hybridized carbons (Fsp3) is 0.444. The topological polar surface area (TPSA) is 55.8 Å². The number of methoxy groups -OCH3 is 1. The van der Waals surface area contributed by atoms with Crippen LogP contribution in [0.4, 0.5) is 0 Å². The van der Waals surface area contributed by atoms with E-state index in [4.69, 9.17) is 9.47 Å². The summed E-state index contributed by atoms with van der Waals surface area (Å²) in [5.74, 6) is -0.244. The number of nitrogens with zero attached hydrogens (tertiary/aromatic N) is 1. The van der Waals surface area contributed by atoms with Crippen molar-refractivity contribution in [2.45, 2.75) is 20.8 Å². The molecule has 0 aliphatic heterocycles. The van der Waals surface area contributed by atoms with Gasteiger partial charge in [-0.25, -0.2) is 0 Å². The van der Waals surface area contributed by atoms with Gasteiger partial charge in [0.25, 0.3) is 5.91 Å². The fourth-order valence-electron chi connectivity index (χ4n) is 2.15. The number of ether oxygens (including phenoxy) is 2. The molecule has 0 heterocycles. The van der Waals surface area contributed by atoms with Crippen molar-refractivity contribution in [1.29, 1.82) is 0 Å². The molecule has 1 atom stereocenters. The number of benzene rings is 1. The van der Waals surface area contributed by atoms with E-state index in [1.807, 2.05) is 32.0 Å². The maximum atomic E-state index is 12.4. The van der Waals surface area contributed by atoms with E-state index >= 15 is 0 Å². The summed E-state index contributed by atoms with van der Waals surface area (Å²) in [4.78, 5) is 25.4. The first-order valence-electron chi connectivity index (χ1n) is 7.56. The molecule has 0 bridgehead atoms. The van der Waals surface area contributed by atoms with Crippen molar-refractivity contribution in [3.05, 3.63) is 42.0 Å². The predicted molar refractivity (Wildman–Crippen MR) is 89.4 cm³/mol. The average molecular weight is 319 g/mol. The molecule has 0 saturated heterocycles. The van der Waals surface area contributed by atoms with Crippen LogP contribution in [0.5, 0.6) is 5.75 Å². The summed E-state index contributed by atoms with van der Waals surface area (Å²) in [5.41, 5.74) is 2.12. The number of aryl methyl sites for hydroxylation is 1. The number of amides is 1. The van der Waals surface area contributed by atoms with Crippen LogP contribution in [0.25, 0.3) is 0 Å². The van der Waals surface area contributed by atoms with Crippen LogP contribution in [-0.4, -0.2) is 43.6 Å². The number of hydrogen-bond donors (Lipinski definition) is 0. The zero-order valence-electron chi connectivity index (χ0n) is 14.3. The Balaban J connectivity index is 2.69. The average Bonchev–Trinajstić information content (AvgIpc) is 2.54. The maximum Gasteiger partial charge on any atom is 0.310 e. The van der Waals surface area contributed by atoms with Crippen molar-refractivity contribution in [3.8, 4) is 5.75 Å². The largest absolute Gasteiger partial charge is 0.483 e. The van der Waals surface area contributed by atoms with Crippen LogP contribution in [-0.2, 0) is 14.3 Å². The Bertz CT molecular complexity index is 568. The van der Waals surface area contributed by atoms with Gasteiger partial charge < -0.3 is 14.4 Å². The molecule has 0 radical (unpaired) electrons. The first kappa shape index (κ1) is 18.7. The summed E-state index contributed by atoms with van der Waals surface area (Å²) in [7, 11) is 1.34. The standard InChI is InChI=1S/C18H25NO4/c1-6-10-19(11-14(3)18(21)22-5)17(20)12-23-16-9-7-8-13(2)15(16)4/h6-9,14H,1,10-12H2,2-5H3. The molecule has 1 aromatic rings. The summed E-state index contributed by atoms with van der Waals surface area (Å²) in [5, 5.41) is 0. The third kappa shape index (κ3) is 5.43. The predicted octanol–water partition coefficient (Wildman–Crippen LogP) is 2.51. The van der Waals surface area contributed by atoms with Crippen LogP contribution in [0.3, 0.4) is 0 Å². The molecule has 1 rings (SSSR count). The van der Waals surface area contributed by atoms with Gasteiger partial charge in [0.2, 0.25) is 0 Å². The van der Waals surface area contributed by atoms with E-state index in [2.05, 4.69) is 6.58 Å². The Morgan fingerprint density at radius 2 is 2.04 bits per heavy atom. The molecule has 0 N–H and O–H groups in total. The lowest BCUT2D eigenvalue weighted by Gasteiger charge is -2.24. The van der Waals surface area contributed by atoms with E-state index < -0.39 is 5.92 Å². The minimum Gasteiger partial charge on any atom is -0.483 e. The molecule has 0 aromatic heterocycles. The molecule has 0 spiro atoms. The van der Waals surface area contributed by atoms with Gasteiger partial charge >= 0.3 is 5.97 Å². The number of rotatable bonds is 8. The van der Waals surface area contributed by atoms with Crippen molar-refractivity contribution < 1.29 is 19.1 Å². The van der Waals surface area contributed by atoms with E-state index in [1.165, 1.54) is 7.11 Å². The SMILES string of the molecule is C=CCN(CC(C)C(=O)OC)C(=O)COc1cccc(C)c1C.